The van der Waals surface area contributed by atoms with Crippen molar-refractivity contribution in [3.8, 4) is 11.3 Å². The molecule has 3 aromatic rings. The zero-order valence-electron chi connectivity index (χ0n) is 15.1. The Morgan fingerprint density at radius 3 is 2.48 bits per heavy atom. The second-order valence-electron chi connectivity index (χ2n) is 6.70. The van der Waals surface area contributed by atoms with E-state index in [1.807, 2.05) is 0 Å². The summed E-state index contributed by atoms with van der Waals surface area (Å²) in [5.74, 6) is -2.35. The molecule has 1 N–H and O–H groups in total. The molecule has 1 unspecified atom stereocenters. The van der Waals surface area contributed by atoms with Crippen molar-refractivity contribution in [2.45, 2.75) is 19.0 Å². The van der Waals surface area contributed by atoms with Crippen LogP contribution in [0.25, 0.3) is 11.3 Å². The van der Waals surface area contributed by atoms with Crippen LogP contribution in [0.3, 0.4) is 0 Å². The van der Waals surface area contributed by atoms with Crippen LogP contribution < -0.4 is 5.32 Å². The predicted octanol–water partition coefficient (Wildman–Crippen LogP) is 3.73. The van der Waals surface area contributed by atoms with Crippen molar-refractivity contribution in [1.29, 1.82) is 0 Å². The summed E-state index contributed by atoms with van der Waals surface area (Å²) in [4.78, 5) is 30.1. The summed E-state index contributed by atoms with van der Waals surface area (Å²) in [6, 6.07) is 7.40. The lowest BCUT2D eigenvalue weighted by Crippen LogP contribution is -2.41. The van der Waals surface area contributed by atoms with E-state index in [0.29, 0.717) is 11.3 Å². The van der Waals surface area contributed by atoms with Crippen LogP contribution in [0.5, 0.6) is 0 Å². The van der Waals surface area contributed by atoms with E-state index in [9.17, 15) is 22.8 Å². The average molecular weight is 401 g/mol. The van der Waals surface area contributed by atoms with Crippen LogP contribution in [0.15, 0.2) is 53.1 Å². The molecule has 0 saturated carbocycles. The van der Waals surface area contributed by atoms with E-state index in [4.69, 9.17) is 4.42 Å². The van der Waals surface area contributed by atoms with Gasteiger partial charge in [0.1, 0.15) is 29.5 Å². The lowest BCUT2D eigenvalue weighted by molar-refractivity contribution is -0.131. The predicted molar refractivity (Wildman–Crippen MR) is 94.7 cm³/mol. The molecule has 2 aromatic carbocycles. The van der Waals surface area contributed by atoms with E-state index in [2.05, 4.69) is 10.3 Å². The maximum atomic E-state index is 14.2. The molecule has 9 heteroatoms. The number of nitrogens with zero attached hydrogens (tertiary/aromatic N) is 2. The molecule has 29 heavy (non-hydrogen) atoms. The summed E-state index contributed by atoms with van der Waals surface area (Å²) < 4.78 is 46.4. The number of urea groups is 1. The molecule has 6 nitrogen and oxygen atoms in total. The number of hydrogen-bond acceptors (Lipinski definition) is 4. The quantitative estimate of drug-likeness (QED) is 0.676. The van der Waals surface area contributed by atoms with Gasteiger partial charge < -0.3 is 9.73 Å². The molecule has 1 saturated heterocycles. The summed E-state index contributed by atoms with van der Waals surface area (Å²) in [7, 11) is 0. The van der Waals surface area contributed by atoms with Gasteiger partial charge in [0.25, 0.3) is 5.91 Å². The van der Waals surface area contributed by atoms with E-state index in [1.54, 1.807) is 0 Å². The molecular formula is C20H14F3N3O3. The highest BCUT2D eigenvalue weighted by molar-refractivity contribution is 6.07. The Balaban J connectivity index is 1.59. The number of halogens is 3. The standard InChI is InChI=1S/C20H14F3N3O3/c1-20(14-8-13(22)6-7-15(14)23)18(27)26(19(28)25-20)10-17-24-9-16(29-17)11-2-4-12(21)5-3-11/h2-9H,10H2,1H3,(H,25,28). The zero-order chi connectivity index (χ0) is 20.8. The number of benzene rings is 2. The third-order valence-corrected chi connectivity index (χ3v) is 4.72. The Kier molecular flexibility index (Phi) is 4.37. The van der Waals surface area contributed by atoms with Crippen LogP contribution in [0.4, 0.5) is 18.0 Å². The number of aromatic nitrogens is 1. The summed E-state index contributed by atoms with van der Waals surface area (Å²) in [6.07, 6.45) is 1.38. The Morgan fingerprint density at radius 1 is 1.07 bits per heavy atom. The maximum Gasteiger partial charge on any atom is 0.325 e. The lowest BCUT2D eigenvalue weighted by atomic mass is 9.91. The van der Waals surface area contributed by atoms with Crippen molar-refractivity contribution in [2.75, 3.05) is 0 Å². The number of imide groups is 1. The Hall–Kier alpha value is -3.62. The smallest absolute Gasteiger partial charge is 0.325 e. The minimum absolute atomic E-state index is 0.0526. The van der Waals surface area contributed by atoms with Crippen LogP contribution >= 0.6 is 0 Å². The molecule has 1 aliphatic rings. The van der Waals surface area contributed by atoms with Crippen LogP contribution in [-0.4, -0.2) is 21.8 Å². The molecule has 1 aromatic heterocycles. The molecule has 0 spiro atoms. The van der Waals surface area contributed by atoms with Gasteiger partial charge in [0.05, 0.1) is 6.20 Å². The SMILES string of the molecule is CC1(c2cc(F)ccc2F)NC(=O)N(Cc2ncc(-c3ccc(F)cc3)o2)C1=O. The number of rotatable bonds is 4. The largest absolute Gasteiger partial charge is 0.439 e. The fraction of sp³-hybridized carbons (Fsp3) is 0.150. The van der Waals surface area contributed by atoms with E-state index in [-0.39, 0.29) is 18.0 Å². The van der Waals surface area contributed by atoms with Crippen LogP contribution in [-0.2, 0) is 16.9 Å². The first-order valence-electron chi connectivity index (χ1n) is 8.58. The lowest BCUT2D eigenvalue weighted by Gasteiger charge is -2.22. The van der Waals surface area contributed by atoms with Gasteiger partial charge in [0.2, 0.25) is 5.89 Å². The van der Waals surface area contributed by atoms with Gasteiger partial charge in [0.15, 0.2) is 5.76 Å². The topological polar surface area (TPSA) is 75.4 Å². The van der Waals surface area contributed by atoms with Crippen LogP contribution in [0.1, 0.15) is 18.4 Å². The summed E-state index contributed by atoms with van der Waals surface area (Å²) in [5.41, 5.74) is -1.48. The van der Waals surface area contributed by atoms with E-state index in [0.717, 1.165) is 23.1 Å². The van der Waals surface area contributed by atoms with Crippen LogP contribution in [0.2, 0.25) is 0 Å². The molecule has 0 radical (unpaired) electrons. The van der Waals surface area contributed by atoms with Gasteiger partial charge in [-0.1, -0.05) is 0 Å². The average Bonchev–Trinajstić information content (AvgIpc) is 3.24. The van der Waals surface area contributed by atoms with Crippen molar-refractivity contribution < 1.29 is 27.2 Å². The van der Waals surface area contributed by atoms with Crippen molar-refractivity contribution in [3.63, 3.8) is 0 Å². The minimum Gasteiger partial charge on any atom is -0.439 e. The number of nitrogens with one attached hydrogen (secondary N) is 1. The van der Waals surface area contributed by atoms with E-state index in [1.165, 1.54) is 37.4 Å². The Morgan fingerprint density at radius 2 is 1.76 bits per heavy atom. The molecular weight excluding hydrogens is 387 g/mol. The van der Waals surface area contributed by atoms with E-state index >= 15 is 0 Å². The summed E-state index contributed by atoms with van der Waals surface area (Å²) >= 11 is 0. The zero-order valence-corrected chi connectivity index (χ0v) is 15.1. The molecule has 1 fully saturated rings. The number of amides is 3. The molecule has 1 aliphatic heterocycles. The van der Waals surface area contributed by atoms with Crippen molar-refractivity contribution in [1.82, 2.24) is 15.2 Å². The van der Waals surface area contributed by atoms with Gasteiger partial charge in [-0.2, -0.15) is 0 Å². The fourth-order valence-corrected chi connectivity index (χ4v) is 3.17. The third kappa shape index (κ3) is 3.24. The number of carbonyl (C=O) groups is 2. The molecule has 3 amide bonds. The number of hydrogen-bond donors (Lipinski definition) is 1. The molecule has 4 rings (SSSR count). The van der Waals surface area contributed by atoms with Gasteiger partial charge >= 0.3 is 6.03 Å². The van der Waals surface area contributed by atoms with Gasteiger partial charge in [0, 0.05) is 11.1 Å². The molecule has 0 bridgehead atoms. The van der Waals surface area contributed by atoms with Gasteiger partial charge in [-0.3, -0.25) is 9.69 Å². The monoisotopic (exact) mass is 401 g/mol. The second-order valence-corrected chi connectivity index (χ2v) is 6.70. The maximum absolute atomic E-state index is 14.2. The van der Waals surface area contributed by atoms with Gasteiger partial charge in [-0.25, -0.2) is 22.9 Å². The van der Waals surface area contributed by atoms with Gasteiger partial charge in [-0.05, 0) is 49.4 Å². The van der Waals surface area contributed by atoms with Crippen molar-refractivity contribution >= 4 is 11.9 Å². The highest BCUT2D eigenvalue weighted by Gasteiger charge is 2.50. The molecule has 2 heterocycles. The summed E-state index contributed by atoms with van der Waals surface area (Å²) in [6.45, 7) is 0.989. The van der Waals surface area contributed by atoms with Crippen LogP contribution in [0, 0.1) is 17.5 Å². The Bertz CT molecular complexity index is 1110. The molecule has 0 aliphatic carbocycles. The number of carbonyl (C=O) groups excluding carboxylic acids is 2. The molecule has 1 atom stereocenters. The fourth-order valence-electron chi connectivity index (χ4n) is 3.17. The first kappa shape index (κ1) is 18.7. The van der Waals surface area contributed by atoms with Gasteiger partial charge in [-0.15, -0.1) is 0 Å². The van der Waals surface area contributed by atoms with Crippen molar-refractivity contribution in [3.05, 3.63) is 77.6 Å². The highest BCUT2D eigenvalue weighted by Crippen LogP contribution is 2.32. The van der Waals surface area contributed by atoms with E-state index < -0.39 is 34.9 Å². The second kappa shape index (κ2) is 6.77. The number of oxazole rings is 1. The van der Waals surface area contributed by atoms with Crippen molar-refractivity contribution in [2.24, 2.45) is 0 Å². The molecule has 148 valence electrons. The normalized spacial score (nSPS) is 19.0. The third-order valence-electron chi connectivity index (χ3n) is 4.72. The first-order valence-corrected chi connectivity index (χ1v) is 8.58. The Labute approximate surface area is 163 Å². The summed E-state index contributed by atoms with van der Waals surface area (Å²) in [5, 5.41) is 2.40. The first-order chi connectivity index (χ1) is 13.8. The highest BCUT2D eigenvalue weighted by atomic mass is 19.1. The minimum atomic E-state index is -1.77.